The fourth-order valence-corrected chi connectivity index (χ4v) is 1.14. The van der Waals surface area contributed by atoms with E-state index in [2.05, 4.69) is 10.5 Å². The summed E-state index contributed by atoms with van der Waals surface area (Å²) in [5.41, 5.74) is 2.57. The first-order valence-electron chi connectivity index (χ1n) is 4.48. The van der Waals surface area contributed by atoms with Gasteiger partial charge in [0.1, 0.15) is 17.8 Å². The van der Waals surface area contributed by atoms with Crippen LogP contribution in [-0.4, -0.2) is 10.6 Å². The molecule has 1 aromatic carbocycles. The fourth-order valence-electron chi connectivity index (χ4n) is 1.14. The molecule has 0 fully saturated rings. The lowest BCUT2D eigenvalue weighted by molar-refractivity contribution is -0.384. The Hall–Kier alpha value is -2.93. The Bertz CT molecular complexity index is 549. The molecule has 0 aliphatic carbocycles. The summed E-state index contributed by atoms with van der Waals surface area (Å²) < 4.78 is 0. The van der Waals surface area contributed by atoms with Crippen LogP contribution >= 0.6 is 0 Å². The molecule has 17 heavy (non-hydrogen) atoms. The number of nitro benzene ring substituents is 1. The van der Waals surface area contributed by atoms with Crippen molar-refractivity contribution in [3.63, 3.8) is 0 Å². The van der Waals surface area contributed by atoms with E-state index in [9.17, 15) is 10.1 Å². The predicted molar refractivity (Wildman–Crippen MR) is 60.1 cm³/mol. The summed E-state index contributed by atoms with van der Waals surface area (Å²) in [5.74, 6) is 0. The van der Waals surface area contributed by atoms with Crippen LogP contribution in [0.25, 0.3) is 0 Å². The number of nitrogens with zero attached hydrogens (tertiary/aromatic N) is 4. The molecular formula is C10H7N5O2. The van der Waals surface area contributed by atoms with Gasteiger partial charge in [0.15, 0.2) is 0 Å². The van der Waals surface area contributed by atoms with Gasteiger partial charge >= 0.3 is 0 Å². The maximum atomic E-state index is 10.7. The van der Waals surface area contributed by atoms with Crippen molar-refractivity contribution in [2.24, 2.45) is 5.10 Å². The molecule has 0 radical (unpaired) electrons. The van der Waals surface area contributed by atoms with Crippen molar-refractivity contribution < 1.29 is 4.92 Å². The van der Waals surface area contributed by atoms with Gasteiger partial charge in [0.25, 0.3) is 5.69 Å². The summed E-state index contributed by atoms with van der Waals surface area (Å²) in [6.45, 7) is 1.66. The molecular weight excluding hydrogens is 222 g/mol. The number of nitro groups is 1. The van der Waals surface area contributed by atoms with Crippen molar-refractivity contribution in [3.8, 4) is 12.1 Å². The van der Waals surface area contributed by atoms with Crippen LogP contribution in [0.1, 0.15) is 5.56 Å². The van der Waals surface area contributed by atoms with E-state index in [1.165, 1.54) is 12.1 Å². The minimum Gasteiger partial charge on any atom is -0.269 e. The zero-order chi connectivity index (χ0) is 12.8. The molecule has 0 bridgehead atoms. The highest BCUT2D eigenvalue weighted by Crippen LogP contribution is 2.27. The van der Waals surface area contributed by atoms with Crippen LogP contribution in [0.5, 0.6) is 0 Å². The maximum Gasteiger partial charge on any atom is 0.294 e. The van der Waals surface area contributed by atoms with Crippen LogP contribution in [0.3, 0.4) is 0 Å². The highest BCUT2D eigenvalue weighted by atomic mass is 16.6. The largest absolute Gasteiger partial charge is 0.294 e. The molecule has 0 heterocycles. The quantitative estimate of drug-likeness (QED) is 0.481. The van der Waals surface area contributed by atoms with E-state index in [4.69, 9.17) is 10.5 Å². The standard InChI is InChI=1S/C10H7N5O2/c1-7-3-2-4-9(15(16)17)10(7)14-13-8(5-11)6-12/h2-4,14H,1H3. The van der Waals surface area contributed by atoms with Crippen LogP contribution in [0.4, 0.5) is 11.4 Å². The van der Waals surface area contributed by atoms with Gasteiger partial charge in [-0.05, 0) is 12.5 Å². The molecule has 1 rings (SSSR count). The van der Waals surface area contributed by atoms with Crippen molar-refractivity contribution >= 4 is 17.1 Å². The molecule has 0 aliphatic rings. The minimum atomic E-state index is -0.566. The minimum absolute atomic E-state index is 0.163. The number of anilines is 1. The van der Waals surface area contributed by atoms with E-state index in [-0.39, 0.29) is 11.4 Å². The molecule has 7 heteroatoms. The van der Waals surface area contributed by atoms with Crippen molar-refractivity contribution in [3.05, 3.63) is 33.9 Å². The second-order valence-electron chi connectivity index (χ2n) is 3.02. The predicted octanol–water partition coefficient (Wildman–Crippen LogP) is 1.72. The van der Waals surface area contributed by atoms with Crippen LogP contribution in [-0.2, 0) is 0 Å². The molecule has 84 valence electrons. The number of hydrogen-bond donors (Lipinski definition) is 1. The van der Waals surface area contributed by atoms with Crippen LogP contribution < -0.4 is 5.43 Å². The normalized spacial score (nSPS) is 8.65. The molecule has 1 N–H and O–H groups in total. The average molecular weight is 229 g/mol. The van der Waals surface area contributed by atoms with Gasteiger partial charge in [-0.3, -0.25) is 15.5 Å². The van der Waals surface area contributed by atoms with E-state index in [1.807, 2.05) is 0 Å². The lowest BCUT2D eigenvalue weighted by Crippen LogP contribution is -2.01. The third-order valence-electron chi connectivity index (χ3n) is 1.94. The van der Waals surface area contributed by atoms with Gasteiger partial charge in [-0.1, -0.05) is 12.1 Å². The van der Waals surface area contributed by atoms with Crippen LogP contribution in [0.2, 0.25) is 0 Å². The first kappa shape index (κ1) is 12.1. The summed E-state index contributed by atoms with van der Waals surface area (Å²) in [6.07, 6.45) is 0. The van der Waals surface area contributed by atoms with Crippen molar-refractivity contribution in [2.45, 2.75) is 6.92 Å². The van der Waals surface area contributed by atoms with E-state index in [0.717, 1.165) is 0 Å². The van der Waals surface area contributed by atoms with E-state index in [0.29, 0.717) is 5.56 Å². The van der Waals surface area contributed by atoms with E-state index in [1.54, 1.807) is 25.1 Å². The third kappa shape index (κ3) is 2.76. The third-order valence-corrected chi connectivity index (χ3v) is 1.94. The van der Waals surface area contributed by atoms with E-state index >= 15 is 0 Å². The Balaban J connectivity index is 3.16. The van der Waals surface area contributed by atoms with Crippen LogP contribution in [0.15, 0.2) is 23.3 Å². The maximum absolute atomic E-state index is 10.7. The first-order valence-corrected chi connectivity index (χ1v) is 4.48. The smallest absolute Gasteiger partial charge is 0.269 e. The molecule has 0 atom stereocenters. The molecule has 0 unspecified atom stereocenters. The number of hydrogen-bond acceptors (Lipinski definition) is 6. The number of para-hydroxylation sites is 1. The van der Waals surface area contributed by atoms with Gasteiger partial charge in [0, 0.05) is 6.07 Å². The number of aryl methyl sites for hydroxylation is 1. The number of hydrazone groups is 1. The molecule has 0 saturated carbocycles. The summed E-state index contributed by atoms with van der Waals surface area (Å²) in [4.78, 5) is 10.2. The highest BCUT2D eigenvalue weighted by molar-refractivity contribution is 6.10. The summed E-state index contributed by atoms with van der Waals surface area (Å²) in [7, 11) is 0. The highest BCUT2D eigenvalue weighted by Gasteiger charge is 2.14. The second kappa shape index (κ2) is 5.24. The molecule has 1 aromatic rings. The SMILES string of the molecule is Cc1cccc([N+](=O)[O-])c1NN=C(C#N)C#N. The lowest BCUT2D eigenvalue weighted by atomic mass is 10.2. The Morgan fingerprint density at radius 1 is 1.47 bits per heavy atom. The first-order chi connectivity index (χ1) is 8.10. The number of nitriles is 2. The average Bonchev–Trinajstić information content (AvgIpc) is 2.31. The van der Waals surface area contributed by atoms with Gasteiger partial charge in [0.2, 0.25) is 5.71 Å². The Labute approximate surface area is 96.7 Å². The number of benzene rings is 1. The summed E-state index contributed by atoms with van der Waals surface area (Å²) in [5, 5.41) is 31.2. The zero-order valence-corrected chi connectivity index (χ0v) is 8.84. The Kier molecular flexibility index (Phi) is 3.74. The second-order valence-corrected chi connectivity index (χ2v) is 3.02. The Morgan fingerprint density at radius 3 is 2.65 bits per heavy atom. The van der Waals surface area contributed by atoms with Gasteiger partial charge < -0.3 is 0 Å². The molecule has 0 saturated heterocycles. The van der Waals surface area contributed by atoms with Crippen LogP contribution in [0, 0.1) is 39.7 Å². The molecule has 0 aliphatic heterocycles. The molecule has 0 amide bonds. The van der Waals surface area contributed by atoms with Crippen molar-refractivity contribution in [1.82, 2.24) is 0 Å². The van der Waals surface area contributed by atoms with Gasteiger partial charge in [0.05, 0.1) is 4.92 Å². The van der Waals surface area contributed by atoms with Gasteiger partial charge in [-0.15, -0.1) is 0 Å². The van der Waals surface area contributed by atoms with Gasteiger partial charge in [-0.2, -0.15) is 15.6 Å². The zero-order valence-electron chi connectivity index (χ0n) is 8.84. The number of rotatable bonds is 3. The monoisotopic (exact) mass is 229 g/mol. The fraction of sp³-hybridized carbons (Fsp3) is 0.100. The summed E-state index contributed by atoms with van der Waals surface area (Å²) >= 11 is 0. The number of nitrogens with one attached hydrogen (secondary N) is 1. The van der Waals surface area contributed by atoms with Gasteiger partial charge in [-0.25, -0.2) is 0 Å². The molecule has 0 aromatic heterocycles. The summed E-state index contributed by atoms with van der Waals surface area (Å²) in [6, 6.07) is 7.60. The Morgan fingerprint density at radius 2 is 2.12 bits per heavy atom. The topological polar surface area (TPSA) is 115 Å². The molecule has 0 spiro atoms. The van der Waals surface area contributed by atoms with E-state index < -0.39 is 10.6 Å². The molecule has 7 nitrogen and oxygen atoms in total. The van der Waals surface area contributed by atoms with Crippen molar-refractivity contribution in [2.75, 3.05) is 5.43 Å². The van der Waals surface area contributed by atoms with Crippen molar-refractivity contribution in [1.29, 1.82) is 10.5 Å². The lowest BCUT2D eigenvalue weighted by Gasteiger charge is -2.04.